The highest BCUT2D eigenvalue weighted by Gasteiger charge is 2.34. The molecule has 1 fully saturated rings. The quantitative estimate of drug-likeness (QED) is 0.754. The van der Waals surface area contributed by atoms with Crippen LogP contribution in [0.1, 0.15) is 40.5 Å². The molecular weight excluding hydrogens is 188 g/mol. The number of nitrogens with zero attached hydrogens (tertiary/aromatic N) is 1. The number of hydrogen-bond donors (Lipinski definition) is 1. The van der Waals surface area contributed by atoms with E-state index in [1.807, 2.05) is 11.9 Å². The number of likely N-dealkylation sites (tertiary alicyclic amines) is 1. The van der Waals surface area contributed by atoms with E-state index in [2.05, 4.69) is 33.0 Å². The first kappa shape index (κ1) is 12.5. The lowest BCUT2D eigenvalue weighted by atomic mass is 9.87. The molecule has 0 aromatic heterocycles. The van der Waals surface area contributed by atoms with E-state index in [9.17, 15) is 4.79 Å². The lowest BCUT2D eigenvalue weighted by Crippen LogP contribution is -2.48. The van der Waals surface area contributed by atoms with Gasteiger partial charge in [0, 0.05) is 12.6 Å². The molecular formula is C12H24N2O. The summed E-state index contributed by atoms with van der Waals surface area (Å²) in [6, 6.07) is 0.305. The first-order valence-electron chi connectivity index (χ1n) is 5.85. The summed E-state index contributed by atoms with van der Waals surface area (Å²) >= 11 is 0. The Kier molecular flexibility index (Phi) is 3.77. The Hall–Kier alpha value is -0.570. The predicted octanol–water partition coefficient (Wildman–Crippen LogP) is 1.63. The van der Waals surface area contributed by atoms with Gasteiger partial charge in [-0.15, -0.1) is 0 Å². The Morgan fingerprint density at radius 1 is 1.47 bits per heavy atom. The third-order valence-corrected chi connectivity index (χ3v) is 3.26. The van der Waals surface area contributed by atoms with E-state index < -0.39 is 0 Å². The van der Waals surface area contributed by atoms with Crippen molar-refractivity contribution >= 4 is 5.91 Å². The van der Waals surface area contributed by atoms with Gasteiger partial charge >= 0.3 is 0 Å². The fourth-order valence-electron chi connectivity index (χ4n) is 2.18. The van der Waals surface area contributed by atoms with Gasteiger partial charge in [0.1, 0.15) is 0 Å². The molecule has 3 heteroatoms. The van der Waals surface area contributed by atoms with E-state index >= 15 is 0 Å². The molecule has 0 aromatic carbocycles. The molecule has 1 saturated heterocycles. The molecule has 1 amide bonds. The molecule has 3 nitrogen and oxygen atoms in total. The molecule has 0 aromatic rings. The van der Waals surface area contributed by atoms with Gasteiger partial charge in [0.2, 0.25) is 5.91 Å². The fraction of sp³-hybridized carbons (Fsp3) is 0.917. The number of amides is 1. The van der Waals surface area contributed by atoms with Gasteiger partial charge in [0.05, 0.1) is 6.04 Å². The Morgan fingerprint density at radius 2 is 2.07 bits per heavy atom. The van der Waals surface area contributed by atoms with E-state index in [4.69, 9.17) is 0 Å². The van der Waals surface area contributed by atoms with Gasteiger partial charge in [-0.25, -0.2) is 0 Å². The summed E-state index contributed by atoms with van der Waals surface area (Å²) < 4.78 is 0. The number of likely N-dealkylation sites (N-methyl/N-ethyl adjacent to an activating group) is 1. The van der Waals surface area contributed by atoms with E-state index in [0.717, 1.165) is 19.4 Å². The molecule has 88 valence electrons. The zero-order chi connectivity index (χ0) is 11.6. The average molecular weight is 212 g/mol. The molecule has 0 aliphatic carbocycles. The van der Waals surface area contributed by atoms with Crippen molar-refractivity contribution in [3.8, 4) is 0 Å². The van der Waals surface area contributed by atoms with Crippen LogP contribution in [-0.2, 0) is 4.79 Å². The molecule has 15 heavy (non-hydrogen) atoms. The first-order valence-corrected chi connectivity index (χ1v) is 5.85. The molecule has 0 spiro atoms. The second-order valence-electron chi connectivity index (χ2n) is 5.60. The summed E-state index contributed by atoms with van der Waals surface area (Å²) in [6.07, 6.45) is 2.05. The Bertz CT molecular complexity index is 236. The molecule has 0 saturated carbocycles. The van der Waals surface area contributed by atoms with Gasteiger partial charge < -0.3 is 10.2 Å². The van der Waals surface area contributed by atoms with Crippen LogP contribution in [0.4, 0.5) is 0 Å². The van der Waals surface area contributed by atoms with Crippen LogP contribution in [0, 0.1) is 5.41 Å². The largest absolute Gasteiger partial charge is 0.338 e. The van der Waals surface area contributed by atoms with E-state index in [0.29, 0.717) is 6.04 Å². The van der Waals surface area contributed by atoms with Crippen LogP contribution in [-0.4, -0.2) is 36.5 Å². The van der Waals surface area contributed by atoms with Crippen molar-refractivity contribution in [1.82, 2.24) is 10.2 Å². The van der Waals surface area contributed by atoms with Crippen molar-refractivity contribution < 1.29 is 4.79 Å². The maximum absolute atomic E-state index is 12.2. The van der Waals surface area contributed by atoms with Crippen LogP contribution in [0.2, 0.25) is 0 Å². The number of nitrogens with one attached hydrogen (secondary N) is 1. The van der Waals surface area contributed by atoms with Crippen molar-refractivity contribution in [2.75, 3.05) is 13.6 Å². The normalized spacial score (nSPS) is 26.9. The van der Waals surface area contributed by atoms with Crippen molar-refractivity contribution in [3.63, 3.8) is 0 Å². The minimum Gasteiger partial charge on any atom is -0.338 e. The van der Waals surface area contributed by atoms with Gasteiger partial charge in [-0.05, 0) is 39.2 Å². The molecule has 1 unspecified atom stereocenters. The van der Waals surface area contributed by atoms with Gasteiger partial charge in [-0.3, -0.25) is 4.79 Å². The topological polar surface area (TPSA) is 32.3 Å². The highest BCUT2D eigenvalue weighted by atomic mass is 16.2. The number of rotatable bonds is 2. The van der Waals surface area contributed by atoms with Crippen LogP contribution in [0.3, 0.4) is 0 Å². The predicted molar refractivity (Wildman–Crippen MR) is 62.7 cm³/mol. The summed E-state index contributed by atoms with van der Waals surface area (Å²) in [5.41, 5.74) is 0.242. The van der Waals surface area contributed by atoms with Crippen LogP contribution in [0.25, 0.3) is 0 Å². The number of hydrogen-bond acceptors (Lipinski definition) is 2. The van der Waals surface area contributed by atoms with Crippen LogP contribution in [0.15, 0.2) is 0 Å². The third-order valence-electron chi connectivity index (χ3n) is 3.26. The highest BCUT2D eigenvalue weighted by Crippen LogP contribution is 2.29. The molecule has 1 heterocycles. The van der Waals surface area contributed by atoms with Gasteiger partial charge in [-0.1, -0.05) is 13.8 Å². The maximum atomic E-state index is 12.2. The zero-order valence-corrected chi connectivity index (χ0v) is 10.6. The second kappa shape index (κ2) is 4.52. The molecule has 1 atom stereocenters. The Labute approximate surface area is 93.2 Å². The summed E-state index contributed by atoms with van der Waals surface area (Å²) in [6.45, 7) is 9.54. The lowest BCUT2D eigenvalue weighted by molar-refractivity contribution is -0.135. The van der Waals surface area contributed by atoms with E-state index in [1.54, 1.807) is 0 Å². The summed E-state index contributed by atoms with van der Waals surface area (Å²) in [4.78, 5) is 14.2. The van der Waals surface area contributed by atoms with Crippen molar-refractivity contribution in [3.05, 3.63) is 0 Å². The monoisotopic (exact) mass is 212 g/mol. The minimum atomic E-state index is 0.00850. The van der Waals surface area contributed by atoms with Crippen molar-refractivity contribution in [2.45, 2.75) is 52.6 Å². The summed E-state index contributed by atoms with van der Waals surface area (Å²) in [7, 11) is 1.87. The van der Waals surface area contributed by atoms with Crippen LogP contribution < -0.4 is 5.32 Å². The van der Waals surface area contributed by atoms with Crippen molar-refractivity contribution in [1.29, 1.82) is 0 Å². The maximum Gasteiger partial charge on any atom is 0.239 e. The molecule has 0 bridgehead atoms. The SMILES string of the molecule is CNC1CCC(C)(C)CN(C(C)C)C1=O. The molecule has 1 rings (SSSR count). The molecule has 0 radical (unpaired) electrons. The molecule has 1 N–H and O–H groups in total. The van der Waals surface area contributed by atoms with Crippen molar-refractivity contribution in [2.24, 2.45) is 5.41 Å². The Balaban J connectivity index is 2.87. The summed E-state index contributed by atoms with van der Waals surface area (Å²) in [5.74, 6) is 0.262. The van der Waals surface area contributed by atoms with Gasteiger partial charge in [0.15, 0.2) is 0 Å². The number of carbonyl (C=O) groups excluding carboxylic acids is 1. The van der Waals surface area contributed by atoms with Gasteiger partial charge in [0.25, 0.3) is 0 Å². The van der Waals surface area contributed by atoms with Gasteiger partial charge in [-0.2, -0.15) is 0 Å². The van der Waals surface area contributed by atoms with Crippen LogP contribution in [0.5, 0.6) is 0 Å². The Morgan fingerprint density at radius 3 is 2.53 bits per heavy atom. The molecule has 1 aliphatic rings. The lowest BCUT2D eigenvalue weighted by Gasteiger charge is -2.33. The average Bonchev–Trinajstić information content (AvgIpc) is 2.24. The third kappa shape index (κ3) is 2.94. The van der Waals surface area contributed by atoms with E-state index in [1.165, 1.54) is 0 Å². The summed E-state index contributed by atoms with van der Waals surface area (Å²) in [5, 5.41) is 3.13. The van der Waals surface area contributed by atoms with Crippen LogP contribution >= 0.6 is 0 Å². The second-order valence-corrected chi connectivity index (χ2v) is 5.60. The zero-order valence-electron chi connectivity index (χ0n) is 10.6. The fourth-order valence-corrected chi connectivity index (χ4v) is 2.18. The smallest absolute Gasteiger partial charge is 0.239 e. The molecule has 1 aliphatic heterocycles. The minimum absolute atomic E-state index is 0.00850. The highest BCUT2D eigenvalue weighted by molar-refractivity contribution is 5.82. The van der Waals surface area contributed by atoms with E-state index in [-0.39, 0.29) is 17.4 Å². The number of carbonyl (C=O) groups is 1. The standard InChI is InChI=1S/C12H24N2O/c1-9(2)14-8-12(3,4)7-6-10(13-5)11(14)15/h9-10,13H,6-8H2,1-5H3. The first-order chi connectivity index (χ1) is 6.87.